The number of hydrogen-bond donors (Lipinski definition) is 1. The van der Waals surface area contributed by atoms with Crippen LogP contribution in [0.1, 0.15) is 23.8 Å². The van der Waals surface area contributed by atoms with Crippen LogP contribution < -0.4 is 10.1 Å². The van der Waals surface area contributed by atoms with Crippen LogP contribution in [0.5, 0.6) is 5.75 Å². The molecule has 0 saturated heterocycles. The number of benzene rings is 1. The average molecular weight is 284 g/mol. The van der Waals surface area contributed by atoms with Crippen molar-refractivity contribution in [1.29, 1.82) is 5.26 Å². The summed E-state index contributed by atoms with van der Waals surface area (Å²) in [6.07, 6.45) is 2.61. The molecule has 0 bridgehead atoms. The van der Waals surface area contributed by atoms with Crippen molar-refractivity contribution < 1.29 is 4.74 Å². The van der Waals surface area contributed by atoms with E-state index in [-0.39, 0.29) is 6.61 Å². The fourth-order valence-corrected chi connectivity index (χ4v) is 3.13. The molecule has 2 aromatic rings. The molecule has 1 aliphatic carbocycles. The third-order valence-electron chi connectivity index (χ3n) is 3.42. The summed E-state index contributed by atoms with van der Waals surface area (Å²) in [5, 5.41) is 14.2. The number of nitrogens with zero attached hydrogens (tertiary/aromatic N) is 1. The molecule has 1 aromatic carbocycles. The second kappa shape index (κ2) is 5.98. The third-order valence-corrected chi connectivity index (χ3v) is 4.38. The molecular weight excluding hydrogens is 268 g/mol. The van der Waals surface area contributed by atoms with Crippen LogP contribution >= 0.6 is 11.3 Å². The molecule has 20 heavy (non-hydrogen) atoms. The van der Waals surface area contributed by atoms with Crippen LogP contribution in [0.4, 0.5) is 5.69 Å². The van der Waals surface area contributed by atoms with Gasteiger partial charge in [-0.15, -0.1) is 11.3 Å². The van der Waals surface area contributed by atoms with E-state index in [1.54, 1.807) is 0 Å². The van der Waals surface area contributed by atoms with E-state index in [0.717, 1.165) is 17.4 Å². The average Bonchev–Trinajstić information content (AvgIpc) is 3.18. The van der Waals surface area contributed by atoms with Crippen LogP contribution in [0.2, 0.25) is 0 Å². The molecular formula is C16H16N2OS. The van der Waals surface area contributed by atoms with Crippen molar-refractivity contribution in [2.45, 2.75) is 18.9 Å². The molecule has 1 N–H and O–H groups in total. The van der Waals surface area contributed by atoms with Crippen LogP contribution in [0.15, 0.2) is 41.8 Å². The van der Waals surface area contributed by atoms with Gasteiger partial charge in [-0.2, -0.15) is 5.26 Å². The first kappa shape index (κ1) is 13.0. The summed E-state index contributed by atoms with van der Waals surface area (Å²) < 4.78 is 5.26. The summed E-state index contributed by atoms with van der Waals surface area (Å²) >= 11 is 1.81. The number of thiophene rings is 1. The molecule has 4 heteroatoms. The summed E-state index contributed by atoms with van der Waals surface area (Å²) in [4.78, 5) is 1.40. The Morgan fingerprint density at radius 3 is 2.70 bits per heavy atom. The van der Waals surface area contributed by atoms with E-state index >= 15 is 0 Å². The number of hydrogen-bond acceptors (Lipinski definition) is 4. The van der Waals surface area contributed by atoms with E-state index in [4.69, 9.17) is 10.00 Å². The number of nitrogens with one attached hydrogen (secondary N) is 1. The second-order valence-corrected chi connectivity index (χ2v) is 5.93. The topological polar surface area (TPSA) is 45.0 Å². The molecule has 1 aromatic heterocycles. The zero-order valence-electron chi connectivity index (χ0n) is 11.1. The van der Waals surface area contributed by atoms with Gasteiger partial charge in [0.05, 0.1) is 6.04 Å². The Morgan fingerprint density at radius 1 is 1.30 bits per heavy atom. The maximum absolute atomic E-state index is 8.49. The first-order valence-electron chi connectivity index (χ1n) is 6.76. The van der Waals surface area contributed by atoms with Gasteiger partial charge >= 0.3 is 0 Å². The minimum absolute atomic E-state index is 0.0900. The first-order chi connectivity index (χ1) is 9.86. The summed E-state index contributed by atoms with van der Waals surface area (Å²) in [6.45, 7) is 0.0900. The highest BCUT2D eigenvalue weighted by molar-refractivity contribution is 7.10. The monoisotopic (exact) mass is 284 g/mol. The minimum Gasteiger partial charge on any atom is -0.479 e. The van der Waals surface area contributed by atoms with Gasteiger partial charge in [-0.1, -0.05) is 6.07 Å². The number of nitriles is 1. The van der Waals surface area contributed by atoms with Gasteiger partial charge in [-0.25, -0.2) is 0 Å². The van der Waals surface area contributed by atoms with Gasteiger partial charge in [-0.05, 0) is 54.5 Å². The van der Waals surface area contributed by atoms with Gasteiger partial charge in [0.15, 0.2) is 6.61 Å². The number of ether oxygens (including phenoxy) is 1. The van der Waals surface area contributed by atoms with Crippen molar-refractivity contribution >= 4 is 17.0 Å². The Hall–Kier alpha value is -1.99. The van der Waals surface area contributed by atoms with Crippen LogP contribution in [0, 0.1) is 17.2 Å². The first-order valence-corrected chi connectivity index (χ1v) is 7.64. The zero-order chi connectivity index (χ0) is 13.8. The van der Waals surface area contributed by atoms with Crippen LogP contribution in [0.3, 0.4) is 0 Å². The Kier molecular flexibility index (Phi) is 3.89. The Labute approximate surface area is 122 Å². The molecule has 1 atom stereocenters. The van der Waals surface area contributed by atoms with Gasteiger partial charge in [0, 0.05) is 10.6 Å². The molecule has 1 saturated carbocycles. The Balaban J connectivity index is 1.68. The van der Waals surface area contributed by atoms with Gasteiger partial charge in [0.25, 0.3) is 0 Å². The fourth-order valence-electron chi connectivity index (χ4n) is 2.26. The summed E-state index contributed by atoms with van der Waals surface area (Å²) in [7, 11) is 0. The van der Waals surface area contributed by atoms with Crippen LogP contribution in [-0.2, 0) is 0 Å². The van der Waals surface area contributed by atoms with Gasteiger partial charge in [0.1, 0.15) is 11.8 Å². The Morgan fingerprint density at radius 2 is 2.10 bits per heavy atom. The predicted octanol–water partition coefficient (Wildman–Crippen LogP) is 4.21. The van der Waals surface area contributed by atoms with Crippen molar-refractivity contribution in [3.63, 3.8) is 0 Å². The lowest BCUT2D eigenvalue weighted by molar-refractivity contribution is 0.368. The summed E-state index contributed by atoms with van der Waals surface area (Å²) in [6, 6.07) is 14.5. The largest absolute Gasteiger partial charge is 0.479 e. The molecule has 1 fully saturated rings. The number of anilines is 1. The molecule has 0 radical (unpaired) electrons. The standard InChI is InChI=1S/C16H16N2OS/c17-9-10-19-14-7-5-13(6-8-14)18-16(12-3-4-12)15-2-1-11-20-15/h1-2,5-8,11-12,16,18H,3-4,10H2. The van der Waals surface area contributed by atoms with Crippen molar-refractivity contribution in [3.05, 3.63) is 46.7 Å². The predicted molar refractivity (Wildman–Crippen MR) is 81.0 cm³/mol. The normalized spacial score (nSPS) is 15.3. The second-order valence-electron chi connectivity index (χ2n) is 4.95. The number of rotatable bonds is 6. The molecule has 1 heterocycles. The lowest BCUT2D eigenvalue weighted by Crippen LogP contribution is -2.11. The molecule has 0 amide bonds. The summed E-state index contributed by atoms with van der Waals surface area (Å²) in [5.74, 6) is 1.49. The highest BCUT2D eigenvalue weighted by atomic mass is 32.1. The quantitative estimate of drug-likeness (QED) is 0.864. The van der Waals surface area contributed by atoms with Crippen molar-refractivity contribution in [1.82, 2.24) is 0 Å². The molecule has 0 spiro atoms. The van der Waals surface area contributed by atoms with E-state index in [2.05, 4.69) is 22.8 Å². The molecule has 3 rings (SSSR count). The lowest BCUT2D eigenvalue weighted by atomic mass is 10.1. The van der Waals surface area contributed by atoms with Gasteiger partial charge in [-0.3, -0.25) is 0 Å². The molecule has 3 nitrogen and oxygen atoms in total. The van der Waals surface area contributed by atoms with Crippen molar-refractivity contribution in [2.75, 3.05) is 11.9 Å². The molecule has 1 unspecified atom stereocenters. The zero-order valence-corrected chi connectivity index (χ0v) is 11.9. The Bertz CT molecular complexity index is 582. The summed E-state index contributed by atoms with van der Waals surface area (Å²) in [5.41, 5.74) is 1.10. The van der Waals surface area contributed by atoms with Gasteiger partial charge in [0.2, 0.25) is 0 Å². The van der Waals surface area contributed by atoms with Crippen molar-refractivity contribution in [2.24, 2.45) is 5.92 Å². The van der Waals surface area contributed by atoms with Crippen LogP contribution in [-0.4, -0.2) is 6.61 Å². The van der Waals surface area contributed by atoms with E-state index in [1.165, 1.54) is 17.7 Å². The highest BCUT2D eigenvalue weighted by Crippen LogP contribution is 2.44. The van der Waals surface area contributed by atoms with Crippen molar-refractivity contribution in [3.8, 4) is 11.8 Å². The minimum atomic E-state index is 0.0900. The maximum atomic E-state index is 8.49. The SMILES string of the molecule is N#CCOc1ccc(NC(c2cccs2)C2CC2)cc1. The molecule has 1 aliphatic rings. The van der Waals surface area contributed by atoms with E-state index in [1.807, 2.05) is 41.7 Å². The van der Waals surface area contributed by atoms with Gasteiger partial charge < -0.3 is 10.1 Å². The third kappa shape index (κ3) is 3.12. The maximum Gasteiger partial charge on any atom is 0.174 e. The van der Waals surface area contributed by atoms with E-state index < -0.39 is 0 Å². The lowest BCUT2D eigenvalue weighted by Gasteiger charge is -2.18. The molecule has 0 aliphatic heterocycles. The van der Waals surface area contributed by atoms with Crippen LogP contribution in [0.25, 0.3) is 0 Å². The molecule has 102 valence electrons. The fraction of sp³-hybridized carbons (Fsp3) is 0.312. The van der Waals surface area contributed by atoms with E-state index in [9.17, 15) is 0 Å². The van der Waals surface area contributed by atoms with E-state index in [0.29, 0.717) is 6.04 Å². The highest BCUT2D eigenvalue weighted by Gasteiger charge is 2.32. The smallest absolute Gasteiger partial charge is 0.174 e.